The van der Waals surface area contributed by atoms with Crippen molar-refractivity contribution in [3.05, 3.63) is 0 Å². The van der Waals surface area contributed by atoms with E-state index in [1.54, 1.807) is 0 Å². The van der Waals surface area contributed by atoms with E-state index in [1.165, 1.54) is 12.8 Å². The molecule has 3 nitrogen and oxygen atoms in total. The maximum atomic E-state index is 5.42. The lowest BCUT2D eigenvalue weighted by molar-refractivity contribution is 0.133. The summed E-state index contributed by atoms with van der Waals surface area (Å²) in [4.78, 5) is 0. The Morgan fingerprint density at radius 2 is 1.86 bits per heavy atom. The molecular weight excluding hydrogens is 176 g/mol. The van der Waals surface area contributed by atoms with Crippen LogP contribution in [-0.2, 0) is 4.74 Å². The normalized spacial score (nSPS) is 11.1. The van der Waals surface area contributed by atoms with Crippen LogP contribution in [0.2, 0.25) is 0 Å². The van der Waals surface area contributed by atoms with E-state index in [0.29, 0.717) is 6.04 Å². The van der Waals surface area contributed by atoms with Gasteiger partial charge in [0.15, 0.2) is 0 Å². The predicted molar refractivity (Wildman–Crippen MR) is 61.7 cm³/mol. The van der Waals surface area contributed by atoms with Crippen molar-refractivity contribution < 1.29 is 4.74 Å². The summed E-state index contributed by atoms with van der Waals surface area (Å²) < 4.78 is 5.42. The van der Waals surface area contributed by atoms with Crippen molar-refractivity contribution in [3.63, 3.8) is 0 Å². The van der Waals surface area contributed by atoms with Crippen LogP contribution in [0.15, 0.2) is 0 Å². The second kappa shape index (κ2) is 11.0. The summed E-state index contributed by atoms with van der Waals surface area (Å²) in [5, 5.41) is 6.68. The second-order valence-corrected chi connectivity index (χ2v) is 3.82. The highest BCUT2D eigenvalue weighted by molar-refractivity contribution is 4.55. The standard InChI is InChI=1S/C11H26N2O/c1-4-5-9-14-10-8-12-6-7-13-11(2)3/h11-13H,4-10H2,1-3H3. The average molecular weight is 202 g/mol. The van der Waals surface area contributed by atoms with Gasteiger partial charge in [0.1, 0.15) is 0 Å². The average Bonchev–Trinajstić information content (AvgIpc) is 2.15. The summed E-state index contributed by atoms with van der Waals surface area (Å²) in [6.45, 7) is 11.3. The van der Waals surface area contributed by atoms with Crippen LogP contribution in [0.1, 0.15) is 33.6 Å². The van der Waals surface area contributed by atoms with Gasteiger partial charge in [0.2, 0.25) is 0 Å². The maximum Gasteiger partial charge on any atom is 0.0590 e. The summed E-state index contributed by atoms with van der Waals surface area (Å²) in [5.41, 5.74) is 0. The number of hydrogen-bond acceptors (Lipinski definition) is 3. The lowest BCUT2D eigenvalue weighted by Crippen LogP contribution is -2.33. The van der Waals surface area contributed by atoms with Gasteiger partial charge in [-0.2, -0.15) is 0 Å². The van der Waals surface area contributed by atoms with Crippen LogP contribution in [0.3, 0.4) is 0 Å². The van der Waals surface area contributed by atoms with Gasteiger partial charge in [0, 0.05) is 32.3 Å². The van der Waals surface area contributed by atoms with Gasteiger partial charge in [-0.25, -0.2) is 0 Å². The molecule has 0 saturated carbocycles. The molecular formula is C11H26N2O. The molecule has 0 aliphatic rings. The Morgan fingerprint density at radius 3 is 2.50 bits per heavy atom. The molecule has 0 aromatic rings. The van der Waals surface area contributed by atoms with Crippen molar-refractivity contribution in [2.45, 2.75) is 39.7 Å². The number of unbranched alkanes of at least 4 members (excludes halogenated alkanes) is 1. The molecule has 0 aromatic carbocycles. The van der Waals surface area contributed by atoms with Crippen molar-refractivity contribution in [1.29, 1.82) is 0 Å². The van der Waals surface area contributed by atoms with Crippen molar-refractivity contribution in [2.75, 3.05) is 32.8 Å². The smallest absolute Gasteiger partial charge is 0.0590 e. The molecule has 14 heavy (non-hydrogen) atoms. The van der Waals surface area contributed by atoms with Crippen LogP contribution < -0.4 is 10.6 Å². The van der Waals surface area contributed by atoms with Crippen LogP contribution in [-0.4, -0.2) is 38.9 Å². The molecule has 0 radical (unpaired) electrons. The molecule has 0 rings (SSSR count). The lowest BCUT2D eigenvalue weighted by atomic mass is 10.4. The largest absolute Gasteiger partial charge is 0.380 e. The maximum absolute atomic E-state index is 5.42. The minimum Gasteiger partial charge on any atom is -0.380 e. The molecule has 0 saturated heterocycles. The van der Waals surface area contributed by atoms with Crippen molar-refractivity contribution in [3.8, 4) is 0 Å². The van der Waals surface area contributed by atoms with E-state index in [2.05, 4.69) is 31.4 Å². The summed E-state index contributed by atoms with van der Waals surface area (Å²) >= 11 is 0. The number of hydrogen-bond donors (Lipinski definition) is 2. The van der Waals surface area contributed by atoms with Crippen molar-refractivity contribution in [2.24, 2.45) is 0 Å². The molecule has 2 N–H and O–H groups in total. The number of ether oxygens (including phenoxy) is 1. The Labute approximate surface area is 88.6 Å². The first-order valence-corrected chi connectivity index (χ1v) is 5.79. The third kappa shape index (κ3) is 11.9. The van der Waals surface area contributed by atoms with Crippen molar-refractivity contribution in [1.82, 2.24) is 10.6 Å². The Bertz CT molecular complexity index is 107. The fourth-order valence-electron chi connectivity index (χ4n) is 1.07. The van der Waals surface area contributed by atoms with Crippen LogP contribution in [0, 0.1) is 0 Å². The van der Waals surface area contributed by atoms with E-state index in [-0.39, 0.29) is 0 Å². The summed E-state index contributed by atoms with van der Waals surface area (Å²) in [5.74, 6) is 0. The Hall–Kier alpha value is -0.120. The predicted octanol–water partition coefficient (Wildman–Crippen LogP) is 1.39. The minimum atomic E-state index is 0.581. The first kappa shape index (κ1) is 13.9. The molecule has 3 heteroatoms. The quantitative estimate of drug-likeness (QED) is 0.525. The van der Waals surface area contributed by atoms with E-state index in [1.807, 2.05) is 0 Å². The Balaban J connectivity index is 2.85. The summed E-state index contributed by atoms with van der Waals surface area (Å²) in [6, 6.07) is 0.581. The molecule has 0 aliphatic carbocycles. The zero-order chi connectivity index (χ0) is 10.6. The molecule has 86 valence electrons. The molecule has 0 aliphatic heterocycles. The molecule has 0 aromatic heterocycles. The highest BCUT2D eigenvalue weighted by Crippen LogP contribution is 1.86. The van der Waals surface area contributed by atoms with Gasteiger partial charge >= 0.3 is 0 Å². The second-order valence-electron chi connectivity index (χ2n) is 3.82. The zero-order valence-corrected chi connectivity index (χ0v) is 9.94. The topological polar surface area (TPSA) is 33.3 Å². The van der Waals surface area contributed by atoms with Gasteiger partial charge in [-0.15, -0.1) is 0 Å². The van der Waals surface area contributed by atoms with Crippen LogP contribution in [0.25, 0.3) is 0 Å². The van der Waals surface area contributed by atoms with Gasteiger partial charge in [-0.1, -0.05) is 27.2 Å². The van der Waals surface area contributed by atoms with E-state index < -0.39 is 0 Å². The van der Waals surface area contributed by atoms with Gasteiger partial charge in [0.25, 0.3) is 0 Å². The van der Waals surface area contributed by atoms with Gasteiger partial charge in [0.05, 0.1) is 6.61 Å². The van der Waals surface area contributed by atoms with E-state index >= 15 is 0 Å². The fraction of sp³-hybridized carbons (Fsp3) is 1.00. The highest BCUT2D eigenvalue weighted by Gasteiger charge is 1.91. The third-order valence-electron chi connectivity index (χ3n) is 1.92. The molecule has 0 spiro atoms. The van der Waals surface area contributed by atoms with Crippen LogP contribution in [0.5, 0.6) is 0 Å². The first-order chi connectivity index (χ1) is 6.77. The van der Waals surface area contributed by atoms with E-state index in [9.17, 15) is 0 Å². The Morgan fingerprint density at radius 1 is 1.07 bits per heavy atom. The van der Waals surface area contributed by atoms with Gasteiger partial charge < -0.3 is 15.4 Å². The van der Waals surface area contributed by atoms with Crippen LogP contribution in [0.4, 0.5) is 0 Å². The monoisotopic (exact) mass is 202 g/mol. The summed E-state index contributed by atoms with van der Waals surface area (Å²) in [6.07, 6.45) is 2.39. The molecule has 0 heterocycles. The SMILES string of the molecule is CCCCOCCNCCNC(C)C. The van der Waals surface area contributed by atoms with Crippen molar-refractivity contribution >= 4 is 0 Å². The highest BCUT2D eigenvalue weighted by atomic mass is 16.5. The summed E-state index contributed by atoms with van der Waals surface area (Å²) in [7, 11) is 0. The molecule has 0 unspecified atom stereocenters. The molecule has 0 fully saturated rings. The molecule has 0 bridgehead atoms. The number of nitrogens with one attached hydrogen (secondary N) is 2. The molecule has 0 amide bonds. The van der Waals surface area contributed by atoms with E-state index in [4.69, 9.17) is 4.74 Å². The number of rotatable bonds is 10. The third-order valence-corrected chi connectivity index (χ3v) is 1.92. The van der Waals surface area contributed by atoms with Gasteiger partial charge in [-0.3, -0.25) is 0 Å². The minimum absolute atomic E-state index is 0.581. The van der Waals surface area contributed by atoms with Crippen LogP contribution >= 0.6 is 0 Å². The Kier molecular flexibility index (Phi) is 10.9. The first-order valence-electron chi connectivity index (χ1n) is 5.79. The molecule has 0 atom stereocenters. The fourth-order valence-corrected chi connectivity index (χ4v) is 1.07. The van der Waals surface area contributed by atoms with Gasteiger partial charge in [-0.05, 0) is 6.42 Å². The zero-order valence-electron chi connectivity index (χ0n) is 9.94. The van der Waals surface area contributed by atoms with E-state index in [0.717, 1.165) is 32.8 Å². The lowest BCUT2D eigenvalue weighted by Gasteiger charge is -2.09.